The zero-order valence-corrected chi connectivity index (χ0v) is 16.7. The topological polar surface area (TPSA) is 59.2 Å². The van der Waals surface area contributed by atoms with Crippen molar-refractivity contribution in [2.45, 2.75) is 26.4 Å². The van der Waals surface area contributed by atoms with Crippen LogP contribution in [0.1, 0.15) is 29.4 Å². The van der Waals surface area contributed by atoms with Crippen molar-refractivity contribution >= 4 is 44.8 Å². The van der Waals surface area contributed by atoms with Crippen molar-refractivity contribution in [2.24, 2.45) is 0 Å². The van der Waals surface area contributed by atoms with Crippen LogP contribution < -0.4 is 0 Å². The summed E-state index contributed by atoms with van der Waals surface area (Å²) in [6, 6.07) is 10.8. The molecule has 0 saturated carbocycles. The van der Waals surface area contributed by atoms with E-state index >= 15 is 0 Å². The minimum atomic E-state index is -0.0584. The van der Waals surface area contributed by atoms with Crippen LogP contribution in [-0.4, -0.2) is 27.0 Å². The number of benzene rings is 1. The summed E-state index contributed by atoms with van der Waals surface area (Å²) >= 11 is 10.7. The monoisotopic (exact) mass is 439 g/mol. The molecule has 2 aromatic heterocycles. The van der Waals surface area contributed by atoms with E-state index in [9.17, 15) is 4.79 Å². The average molecular weight is 441 g/mol. The lowest BCUT2D eigenvalue weighted by atomic mass is 10.2. The standard InChI is InChI=1S/C17H15BrClN3O2S/c1-10(2)22(17(23)13-7-8-14(18)25-13)9-15-20-21-16(24-15)11-3-5-12(19)6-4-11/h3-8,10H,9H2,1-2H3. The van der Waals surface area contributed by atoms with Gasteiger partial charge in [0.25, 0.3) is 5.91 Å². The molecule has 0 spiro atoms. The maximum absolute atomic E-state index is 12.7. The fraction of sp³-hybridized carbons (Fsp3) is 0.235. The van der Waals surface area contributed by atoms with Gasteiger partial charge in [-0.2, -0.15) is 0 Å². The summed E-state index contributed by atoms with van der Waals surface area (Å²) in [5, 5.41) is 8.77. The predicted octanol–water partition coefficient (Wildman–Crippen LogP) is 5.26. The van der Waals surface area contributed by atoms with E-state index in [2.05, 4.69) is 26.1 Å². The molecule has 0 atom stereocenters. The highest BCUT2D eigenvalue weighted by Crippen LogP contribution is 2.25. The highest BCUT2D eigenvalue weighted by Gasteiger charge is 2.23. The minimum Gasteiger partial charge on any atom is -0.419 e. The number of rotatable bonds is 5. The quantitative estimate of drug-likeness (QED) is 0.542. The summed E-state index contributed by atoms with van der Waals surface area (Å²) < 4.78 is 6.64. The smallest absolute Gasteiger partial charge is 0.264 e. The number of halogens is 2. The molecule has 0 aliphatic heterocycles. The van der Waals surface area contributed by atoms with Crippen molar-refractivity contribution in [3.8, 4) is 11.5 Å². The van der Waals surface area contributed by atoms with Gasteiger partial charge in [0.15, 0.2) is 0 Å². The van der Waals surface area contributed by atoms with Crippen LogP contribution in [0.2, 0.25) is 5.02 Å². The van der Waals surface area contributed by atoms with Gasteiger partial charge in [0.05, 0.1) is 15.2 Å². The molecule has 130 valence electrons. The molecule has 0 aliphatic rings. The lowest BCUT2D eigenvalue weighted by molar-refractivity contribution is 0.0677. The number of amides is 1. The molecule has 5 nitrogen and oxygen atoms in total. The zero-order chi connectivity index (χ0) is 18.0. The molecule has 8 heteroatoms. The maximum Gasteiger partial charge on any atom is 0.264 e. The third kappa shape index (κ3) is 4.29. The van der Waals surface area contributed by atoms with Crippen LogP contribution in [-0.2, 0) is 6.54 Å². The van der Waals surface area contributed by atoms with E-state index in [1.165, 1.54) is 11.3 Å². The van der Waals surface area contributed by atoms with E-state index in [0.717, 1.165) is 9.35 Å². The van der Waals surface area contributed by atoms with Gasteiger partial charge in [-0.25, -0.2) is 0 Å². The molecule has 1 aromatic carbocycles. The van der Waals surface area contributed by atoms with E-state index in [-0.39, 0.29) is 18.5 Å². The summed E-state index contributed by atoms with van der Waals surface area (Å²) in [7, 11) is 0. The Morgan fingerprint density at radius 3 is 2.56 bits per heavy atom. The van der Waals surface area contributed by atoms with Crippen molar-refractivity contribution in [3.63, 3.8) is 0 Å². The van der Waals surface area contributed by atoms with Crippen LogP contribution in [0.25, 0.3) is 11.5 Å². The maximum atomic E-state index is 12.7. The van der Waals surface area contributed by atoms with E-state index < -0.39 is 0 Å². The van der Waals surface area contributed by atoms with Crippen molar-refractivity contribution < 1.29 is 9.21 Å². The SMILES string of the molecule is CC(C)N(Cc1nnc(-c2ccc(Cl)cc2)o1)C(=O)c1ccc(Br)s1. The highest BCUT2D eigenvalue weighted by atomic mass is 79.9. The molecule has 25 heavy (non-hydrogen) atoms. The fourth-order valence-electron chi connectivity index (χ4n) is 2.23. The van der Waals surface area contributed by atoms with E-state index in [1.807, 2.05) is 32.0 Å². The van der Waals surface area contributed by atoms with Gasteiger partial charge < -0.3 is 9.32 Å². The minimum absolute atomic E-state index is 0.000688. The predicted molar refractivity (Wildman–Crippen MR) is 102 cm³/mol. The largest absolute Gasteiger partial charge is 0.419 e. The van der Waals surface area contributed by atoms with Crippen LogP contribution in [0.3, 0.4) is 0 Å². The molecule has 0 aliphatic carbocycles. The first kappa shape index (κ1) is 18.1. The number of hydrogen-bond acceptors (Lipinski definition) is 5. The second-order valence-corrected chi connectivity index (χ2v) is 8.54. The first-order valence-electron chi connectivity index (χ1n) is 7.58. The molecule has 0 bridgehead atoms. The Kier molecular flexibility index (Phi) is 5.56. The molecule has 0 saturated heterocycles. The molecule has 0 radical (unpaired) electrons. The van der Waals surface area contributed by atoms with Gasteiger partial charge in [-0.1, -0.05) is 11.6 Å². The van der Waals surface area contributed by atoms with Crippen LogP contribution >= 0.6 is 38.9 Å². The first-order chi connectivity index (χ1) is 11.9. The van der Waals surface area contributed by atoms with Gasteiger partial charge >= 0.3 is 0 Å². The summed E-state index contributed by atoms with van der Waals surface area (Å²) in [4.78, 5) is 15.1. The third-order valence-corrected chi connectivity index (χ3v) is 5.40. The van der Waals surface area contributed by atoms with Crippen molar-refractivity contribution in [1.82, 2.24) is 15.1 Å². The molecule has 3 aromatic rings. The molecular weight excluding hydrogens is 426 g/mol. The number of aromatic nitrogens is 2. The van der Waals surface area contributed by atoms with Crippen molar-refractivity contribution in [2.75, 3.05) is 0 Å². The number of carbonyl (C=O) groups excluding carboxylic acids is 1. The average Bonchev–Trinajstić information content (AvgIpc) is 3.21. The summed E-state index contributed by atoms with van der Waals surface area (Å²) in [5.41, 5.74) is 0.785. The molecule has 2 heterocycles. The Hall–Kier alpha value is -1.70. The summed E-state index contributed by atoms with van der Waals surface area (Å²) in [6.45, 7) is 4.17. The van der Waals surface area contributed by atoms with Gasteiger partial charge in [-0.05, 0) is 66.2 Å². The van der Waals surface area contributed by atoms with Gasteiger partial charge in [0.2, 0.25) is 11.8 Å². The number of nitrogens with zero attached hydrogens (tertiary/aromatic N) is 3. The molecule has 3 rings (SSSR count). The summed E-state index contributed by atoms with van der Waals surface area (Å²) in [6.07, 6.45) is 0. The molecular formula is C17H15BrClN3O2S. The summed E-state index contributed by atoms with van der Waals surface area (Å²) in [5.74, 6) is 0.737. The molecule has 1 amide bonds. The van der Waals surface area contributed by atoms with Crippen LogP contribution in [0.5, 0.6) is 0 Å². The Labute approximate surface area is 162 Å². The van der Waals surface area contributed by atoms with Gasteiger partial charge in [0.1, 0.15) is 0 Å². The Morgan fingerprint density at radius 1 is 1.24 bits per heavy atom. The molecule has 0 fully saturated rings. The van der Waals surface area contributed by atoms with Crippen LogP contribution in [0.4, 0.5) is 0 Å². The normalized spacial score (nSPS) is 11.1. The van der Waals surface area contributed by atoms with Crippen LogP contribution in [0.15, 0.2) is 44.6 Å². The zero-order valence-electron chi connectivity index (χ0n) is 13.6. The third-order valence-electron chi connectivity index (χ3n) is 3.53. The van der Waals surface area contributed by atoms with E-state index in [1.54, 1.807) is 23.1 Å². The number of thiophene rings is 1. The molecule has 0 unspecified atom stereocenters. The van der Waals surface area contributed by atoms with Gasteiger partial charge in [-0.3, -0.25) is 4.79 Å². The van der Waals surface area contributed by atoms with Crippen molar-refractivity contribution in [1.29, 1.82) is 0 Å². The Morgan fingerprint density at radius 2 is 1.96 bits per heavy atom. The lowest BCUT2D eigenvalue weighted by Gasteiger charge is -2.24. The molecule has 0 N–H and O–H groups in total. The van der Waals surface area contributed by atoms with Gasteiger partial charge in [0, 0.05) is 16.6 Å². The second-order valence-electron chi connectivity index (χ2n) is 5.64. The Balaban J connectivity index is 1.79. The van der Waals surface area contributed by atoms with E-state index in [0.29, 0.717) is 21.7 Å². The van der Waals surface area contributed by atoms with Crippen LogP contribution in [0, 0.1) is 0 Å². The Bertz CT molecular complexity index is 876. The van der Waals surface area contributed by atoms with E-state index in [4.69, 9.17) is 16.0 Å². The number of carbonyl (C=O) groups is 1. The second kappa shape index (κ2) is 7.68. The van der Waals surface area contributed by atoms with Gasteiger partial charge in [-0.15, -0.1) is 21.5 Å². The first-order valence-corrected chi connectivity index (χ1v) is 9.57. The number of hydrogen-bond donors (Lipinski definition) is 0. The highest BCUT2D eigenvalue weighted by molar-refractivity contribution is 9.11. The fourth-order valence-corrected chi connectivity index (χ4v) is 3.70. The lowest BCUT2D eigenvalue weighted by Crippen LogP contribution is -2.36. The van der Waals surface area contributed by atoms with Crippen molar-refractivity contribution in [3.05, 3.63) is 56.0 Å².